The van der Waals surface area contributed by atoms with Crippen LogP contribution in [0.5, 0.6) is 0 Å². The van der Waals surface area contributed by atoms with Gasteiger partial charge in [-0.25, -0.2) is 4.39 Å². The Morgan fingerprint density at radius 2 is 2.11 bits per heavy atom. The third-order valence-electron chi connectivity index (χ3n) is 2.46. The molecule has 0 saturated heterocycles. The van der Waals surface area contributed by atoms with Gasteiger partial charge in [-0.15, -0.1) is 0 Å². The second-order valence-electron chi connectivity index (χ2n) is 4.15. The van der Waals surface area contributed by atoms with Gasteiger partial charge in [0.15, 0.2) is 11.5 Å². The van der Waals surface area contributed by atoms with Crippen LogP contribution in [-0.2, 0) is 4.79 Å². The van der Waals surface area contributed by atoms with E-state index in [0.29, 0.717) is 0 Å². The molecule has 7 heteroatoms. The van der Waals surface area contributed by atoms with E-state index in [0.717, 1.165) is 12.1 Å². The summed E-state index contributed by atoms with van der Waals surface area (Å²) in [5, 5.41) is 12.9. The molecule has 18 heavy (non-hydrogen) atoms. The number of nitrogens with one attached hydrogen (secondary N) is 1. The zero-order valence-corrected chi connectivity index (χ0v) is 10.0. The molecule has 3 N–H and O–H groups in total. The van der Waals surface area contributed by atoms with Crippen molar-refractivity contribution >= 4 is 17.3 Å². The van der Waals surface area contributed by atoms with Crippen LogP contribution in [0.25, 0.3) is 0 Å². The highest BCUT2D eigenvalue weighted by Crippen LogP contribution is 2.27. The van der Waals surface area contributed by atoms with Crippen LogP contribution in [0, 0.1) is 21.8 Å². The number of amides is 1. The molecule has 0 aliphatic rings. The lowest BCUT2D eigenvalue weighted by atomic mass is 10.0. The van der Waals surface area contributed by atoms with Crippen molar-refractivity contribution in [3.05, 3.63) is 34.1 Å². The molecule has 1 aromatic carbocycles. The summed E-state index contributed by atoms with van der Waals surface area (Å²) in [6.45, 7) is 3.44. The monoisotopic (exact) mass is 255 g/mol. The van der Waals surface area contributed by atoms with Crippen LogP contribution in [0.15, 0.2) is 18.2 Å². The number of anilines is 1. The highest BCUT2D eigenvalue weighted by atomic mass is 19.1. The van der Waals surface area contributed by atoms with Crippen LogP contribution in [0.4, 0.5) is 15.8 Å². The van der Waals surface area contributed by atoms with E-state index in [1.807, 2.05) is 0 Å². The quantitative estimate of drug-likeness (QED) is 0.631. The Bertz CT molecular complexity index is 477. The summed E-state index contributed by atoms with van der Waals surface area (Å²) in [6, 6.07) is 2.48. The largest absolute Gasteiger partial charge is 0.320 e. The Kier molecular flexibility index (Phi) is 4.33. The molecule has 0 aromatic heterocycles. The maximum Gasteiger partial charge on any atom is 0.295 e. The van der Waals surface area contributed by atoms with Crippen LogP contribution in [0.1, 0.15) is 13.8 Å². The molecule has 1 atom stereocenters. The molecule has 0 heterocycles. The lowest BCUT2D eigenvalue weighted by Gasteiger charge is -2.15. The number of hydrogen-bond acceptors (Lipinski definition) is 4. The molecule has 0 unspecified atom stereocenters. The second kappa shape index (κ2) is 5.54. The Morgan fingerprint density at radius 3 is 2.61 bits per heavy atom. The van der Waals surface area contributed by atoms with Crippen LogP contribution >= 0.6 is 0 Å². The topological polar surface area (TPSA) is 98.3 Å². The maximum absolute atomic E-state index is 13.5. The fourth-order valence-corrected chi connectivity index (χ4v) is 1.30. The number of nitrogens with two attached hydrogens (primary N) is 1. The predicted molar refractivity (Wildman–Crippen MR) is 64.5 cm³/mol. The Hall–Kier alpha value is -2.02. The first kappa shape index (κ1) is 14.0. The van der Waals surface area contributed by atoms with E-state index in [4.69, 9.17) is 5.73 Å². The number of nitrogens with zero attached hydrogens (tertiary/aromatic N) is 1. The average molecular weight is 255 g/mol. The smallest absolute Gasteiger partial charge is 0.295 e. The molecule has 6 nitrogen and oxygen atoms in total. The van der Waals surface area contributed by atoms with Gasteiger partial charge in [0, 0.05) is 6.07 Å². The average Bonchev–Trinajstić information content (AvgIpc) is 2.30. The highest BCUT2D eigenvalue weighted by molar-refractivity contribution is 5.96. The molecule has 0 aliphatic carbocycles. The first-order chi connectivity index (χ1) is 8.34. The minimum absolute atomic E-state index is 0.157. The van der Waals surface area contributed by atoms with Gasteiger partial charge in [-0.3, -0.25) is 14.9 Å². The minimum Gasteiger partial charge on any atom is -0.320 e. The van der Waals surface area contributed by atoms with Crippen molar-refractivity contribution in [2.45, 2.75) is 19.9 Å². The van der Waals surface area contributed by atoms with Gasteiger partial charge in [0.1, 0.15) is 0 Å². The van der Waals surface area contributed by atoms with E-state index in [1.54, 1.807) is 13.8 Å². The van der Waals surface area contributed by atoms with Crippen molar-refractivity contribution in [2.75, 3.05) is 5.32 Å². The van der Waals surface area contributed by atoms with Crippen LogP contribution in [0.2, 0.25) is 0 Å². The van der Waals surface area contributed by atoms with Crippen molar-refractivity contribution in [2.24, 2.45) is 11.7 Å². The summed E-state index contributed by atoms with van der Waals surface area (Å²) in [7, 11) is 0. The van der Waals surface area contributed by atoms with Crippen LogP contribution < -0.4 is 11.1 Å². The van der Waals surface area contributed by atoms with Gasteiger partial charge in [-0.2, -0.15) is 0 Å². The van der Waals surface area contributed by atoms with Gasteiger partial charge in [-0.1, -0.05) is 19.9 Å². The van der Waals surface area contributed by atoms with Crippen LogP contribution in [0.3, 0.4) is 0 Å². The molecular formula is C11H14FN3O3. The molecule has 1 amide bonds. The van der Waals surface area contributed by atoms with E-state index in [-0.39, 0.29) is 5.92 Å². The van der Waals surface area contributed by atoms with Gasteiger partial charge in [0.25, 0.3) is 5.69 Å². The van der Waals surface area contributed by atoms with E-state index in [2.05, 4.69) is 5.32 Å². The summed E-state index contributed by atoms with van der Waals surface area (Å²) in [4.78, 5) is 21.6. The maximum atomic E-state index is 13.5. The molecule has 0 aliphatic heterocycles. The normalized spacial score (nSPS) is 12.3. The number of nitro groups is 1. The van der Waals surface area contributed by atoms with Gasteiger partial charge in [0.2, 0.25) is 5.91 Å². The first-order valence-corrected chi connectivity index (χ1v) is 5.34. The molecule has 1 rings (SSSR count). The Balaban J connectivity index is 3.04. The zero-order valence-electron chi connectivity index (χ0n) is 10.0. The highest BCUT2D eigenvalue weighted by Gasteiger charge is 2.23. The number of para-hydroxylation sites is 1. The van der Waals surface area contributed by atoms with E-state index < -0.39 is 34.1 Å². The summed E-state index contributed by atoms with van der Waals surface area (Å²) >= 11 is 0. The molecule has 0 saturated carbocycles. The zero-order chi connectivity index (χ0) is 13.9. The number of hydrogen-bond donors (Lipinski definition) is 2. The summed E-state index contributed by atoms with van der Waals surface area (Å²) < 4.78 is 13.5. The van der Waals surface area contributed by atoms with Gasteiger partial charge in [-0.05, 0) is 12.0 Å². The number of rotatable bonds is 4. The SMILES string of the molecule is CC(C)[C@@H](N)C(=O)Nc1c(F)cccc1[N+](=O)[O-]. The minimum atomic E-state index is -0.867. The number of carbonyl (C=O) groups excluding carboxylic acids is 1. The molecular weight excluding hydrogens is 241 g/mol. The first-order valence-electron chi connectivity index (χ1n) is 5.34. The van der Waals surface area contributed by atoms with Crippen molar-refractivity contribution in [3.63, 3.8) is 0 Å². The fraction of sp³-hybridized carbons (Fsp3) is 0.364. The van der Waals surface area contributed by atoms with E-state index in [9.17, 15) is 19.3 Å². The van der Waals surface area contributed by atoms with Crippen molar-refractivity contribution < 1.29 is 14.1 Å². The lowest BCUT2D eigenvalue weighted by Crippen LogP contribution is -2.40. The van der Waals surface area contributed by atoms with Crippen molar-refractivity contribution in [3.8, 4) is 0 Å². The summed E-state index contributed by atoms with van der Waals surface area (Å²) in [5.41, 5.74) is 4.62. The number of nitro benzene ring substituents is 1. The third-order valence-corrected chi connectivity index (χ3v) is 2.46. The Morgan fingerprint density at radius 1 is 1.50 bits per heavy atom. The molecule has 98 valence electrons. The molecule has 0 bridgehead atoms. The van der Waals surface area contributed by atoms with Crippen molar-refractivity contribution in [1.82, 2.24) is 0 Å². The van der Waals surface area contributed by atoms with E-state index in [1.165, 1.54) is 6.07 Å². The standard InChI is InChI=1S/C11H14FN3O3/c1-6(2)9(13)11(16)14-10-7(12)4-3-5-8(10)15(17)18/h3-6,9H,13H2,1-2H3,(H,14,16)/t9-/m1/s1. The summed E-state index contributed by atoms with van der Waals surface area (Å²) in [5.74, 6) is -1.68. The lowest BCUT2D eigenvalue weighted by molar-refractivity contribution is -0.384. The predicted octanol–water partition coefficient (Wildman–Crippen LogP) is 1.66. The van der Waals surface area contributed by atoms with Gasteiger partial charge in [0.05, 0.1) is 11.0 Å². The summed E-state index contributed by atoms with van der Waals surface area (Å²) in [6.07, 6.45) is 0. The van der Waals surface area contributed by atoms with Gasteiger partial charge < -0.3 is 11.1 Å². The second-order valence-corrected chi connectivity index (χ2v) is 4.15. The molecule has 0 radical (unpaired) electrons. The third kappa shape index (κ3) is 3.01. The molecule has 1 aromatic rings. The molecule has 0 spiro atoms. The number of carbonyl (C=O) groups is 1. The van der Waals surface area contributed by atoms with Crippen LogP contribution in [-0.4, -0.2) is 16.9 Å². The number of halogens is 1. The van der Waals surface area contributed by atoms with E-state index >= 15 is 0 Å². The van der Waals surface area contributed by atoms with Gasteiger partial charge >= 0.3 is 0 Å². The number of benzene rings is 1. The Labute approximate surface area is 103 Å². The molecule has 0 fully saturated rings. The van der Waals surface area contributed by atoms with Crippen molar-refractivity contribution in [1.29, 1.82) is 0 Å². The fourth-order valence-electron chi connectivity index (χ4n) is 1.30.